The Bertz CT molecular complexity index is 518. The second-order valence-corrected chi connectivity index (χ2v) is 4.59. The van der Waals surface area contributed by atoms with Gasteiger partial charge >= 0.3 is 0 Å². The van der Waals surface area contributed by atoms with Gasteiger partial charge in [0.15, 0.2) is 11.6 Å². The summed E-state index contributed by atoms with van der Waals surface area (Å²) < 4.78 is 10.7. The van der Waals surface area contributed by atoms with Crippen LogP contribution in [0.5, 0.6) is 0 Å². The minimum Gasteiger partial charge on any atom is -0.378 e. The van der Waals surface area contributed by atoms with Gasteiger partial charge in [-0.3, -0.25) is 0 Å². The van der Waals surface area contributed by atoms with E-state index in [1.165, 1.54) is 0 Å². The van der Waals surface area contributed by atoms with Crippen molar-refractivity contribution in [2.24, 2.45) is 0 Å². The lowest BCUT2D eigenvalue weighted by Gasteiger charge is -2.25. The number of halogens is 1. The summed E-state index contributed by atoms with van der Waals surface area (Å²) in [6.07, 6.45) is 0. The number of hydrogen-bond donors (Lipinski definition) is 0. The Kier molecular flexibility index (Phi) is 3.21. The molecule has 0 N–H and O–H groups in total. The number of hydrogen-bond acceptors (Lipinski definition) is 4. The molecule has 0 radical (unpaired) electrons. The van der Waals surface area contributed by atoms with E-state index in [4.69, 9.17) is 20.9 Å². The molecule has 0 atom stereocenters. The molecule has 1 aliphatic rings. The summed E-state index contributed by atoms with van der Waals surface area (Å²) in [5.74, 6) is 1.62. The van der Waals surface area contributed by atoms with E-state index in [1.807, 2.05) is 30.3 Å². The van der Waals surface area contributed by atoms with Gasteiger partial charge in [0.1, 0.15) is 0 Å². The molecule has 0 spiro atoms. The molecule has 4 nitrogen and oxygen atoms in total. The second kappa shape index (κ2) is 5.00. The maximum Gasteiger partial charge on any atom is 0.172 e. The van der Waals surface area contributed by atoms with Gasteiger partial charge in [0.05, 0.1) is 13.2 Å². The van der Waals surface area contributed by atoms with Crippen LogP contribution in [0.25, 0.3) is 11.3 Å². The summed E-state index contributed by atoms with van der Waals surface area (Å²) in [5, 5.41) is 4.82. The normalized spacial score (nSPS) is 15.9. The monoisotopic (exact) mass is 264 g/mol. The van der Waals surface area contributed by atoms with Crippen LogP contribution >= 0.6 is 11.6 Å². The first kappa shape index (κ1) is 11.6. The minimum atomic E-state index is 0.715. The lowest BCUT2D eigenvalue weighted by Crippen LogP contribution is -2.36. The molecule has 2 heterocycles. The average molecular weight is 265 g/mol. The van der Waals surface area contributed by atoms with Gasteiger partial charge in [0.2, 0.25) is 0 Å². The van der Waals surface area contributed by atoms with Gasteiger partial charge in [0.25, 0.3) is 0 Å². The van der Waals surface area contributed by atoms with Crippen LogP contribution in [-0.4, -0.2) is 31.5 Å². The molecule has 0 unspecified atom stereocenters. The van der Waals surface area contributed by atoms with Crippen molar-refractivity contribution in [2.75, 3.05) is 31.2 Å². The zero-order valence-corrected chi connectivity index (χ0v) is 10.6. The van der Waals surface area contributed by atoms with Gasteiger partial charge in [-0.1, -0.05) is 16.8 Å². The average Bonchev–Trinajstić information content (AvgIpc) is 2.90. The lowest BCUT2D eigenvalue weighted by molar-refractivity contribution is 0.122. The summed E-state index contributed by atoms with van der Waals surface area (Å²) in [7, 11) is 0. The van der Waals surface area contributed by atoms with E-state index in [-0.39, 0.29) is 0 Å². The molecule has 18 heavy (non-hydrogen) atoms. The summed E-state index contributed by atoms with van der Waals surface area (Å²) >= 11 is 5.86. The van der Waals surface area contributed by atoms with E-state index in [1.54, 1.807) is 0 Å². The Balaban J connectivity index is 1.82. The van der Waals surface area contributed by atoms with Crippen molar-refractivity contribution < 1.29 is 9.26 Å². The summed E-state index contributed by atoms with van der Waals surface area (Å²) in [6.45, 7) is 3.19. The van der Waals surface area contributed by atoms with E-state index in [0.717, 1.165) is 43.4 Å². The molecule has 0 saturated carbocycles. The third-order valence-electron chi connectivity index (χ3n) is 2.96. The number of nitrogens with zero attached hydrogens (tertiary/aromatic N) is 2. The standard InChI is InChI=1S/C13H13ClN2O2/c14-11-3-1-10(2-4-11)12-9-13(15-18-12)16-5-7-17-8-6-16/h1-4,9H,5-8H2. The number of anilines is 1. The maximum absolute atomic E-state index is 5.86. The SMILES string of the molecule is Clc1ccc(-c2cc(N3CCOCC3)no2)cc1. The first-order valence-electron chi connectivity index (χ1n) is 5.88. The highest BCUT2D eigenvalue weighted by molar-refractivity contribution is 6.30. The van der Waals surface area contributed by atoms with Crippen LogP contribution in [0.15, 0.2) is 34.9 Å². The smallest absolute Gasteiger partial charge is 0.172 e. The number of ether oxygens (including phenoxy) is 1. The van der Waals surface area contributed by atoms with Crippen molar-refractivity contribution in [2.45, 2.75) is 0 Å². The zero-order valence-electron chi connectivity index (χ0n) is 9.80. The van der Waals surface area contributed by atoms with Crippen LogP contribution in [-0.2, 0) is 4.74 Å². The van der Waals surface area contributed by atoms with E-state index in [2.05, 4.69) is 10.1 Å². The van der Waals surface area contributed by atoms with E-state index >= 15 is 0 Å². The van der Waals surface area contributed by atoms with Crippen LogP contribution in [0.2, 0.25) is 5.02 Å². The van der Waals surface area contributed by atoms with Gasteiger partial charge in [0, 0.05) is 29.7 Å². The van der Waals surface area contributed by atoms with Crippen LogP contribution in [0, 0.1) is 0 Å². The quantitative estimate of drug-likeness (QED) is 0.836. The number of rotatable bonds is 2. The van der Waals surface area contributed by atoms with Crippen molar-refractivity contribution >= 4 is 17.4 Å². The van der Waals surface area contributed by atoms with Crippen molar-refractivity contribution in [3.05, 3.63) is 35.4 Å². The van der Waals surface area contributed by atoms with Crippen molar-refractivity contribution in [3.8, 4) is 11.3 Å². The molecular formula is C13H13ClN2O2. The molecule has 2 aromatic rings. The molecule has 1 aromatic carbocycles. The van der Waals surface area contributed by atoms with Crippen LogP contribution in [0.3, 0.4) is 0 Å². The summed E-state index contributed by atoms with van der Waals surface area (Å²) in [5.41, 5.74) is 0.978. The fraction of sp³-hybridized carbons (Fsp3) is 0.308. The molecular weight excluding hydrogens is 252 g/mol. The summed E-state index contributed by atoms with van der Waals surface area (Å²) in [4.78, 5) is 2.16. The molecule has 1 aromatic heterocycles. The molecule has 0 bridgehead atoms. The van der Waals surface area contributed by atoms with Crippen molar-refractivity contribution in [1.29, 1.82) is 0 Å². The van der Waals surface area contributed by atoms with Crippen LogP contribution in [0.4, 0.5) is 5.82 Å². The number of benzene rings is 1. The Morgan fingerprint density at radius 2 is 1.83 bits per heavy atom. The van der Waals surface area contributed by atoms with Gasteiger partial charge < -0.3 is 14.2 Å². The zero-order chi connectivity index (χ0) is 12.4. The molecule has 1 saturated heterocycles. The Morgan fingerprint density at radius 3 is 2.56 bits per heavy atom. The Morgan fingerprint density at radius 1 is 1.11 bits per heavy atom. The Labute approximate surface area is 110 Å². The molecule has 0 aliphatic carbocycles. The van der Waals surface area contributed by atoms with Crippen molar-refractivity contribution in [3.63, 3.8) is 0 Å². The lowest BCUT2D eigenvalue weighted by atomic mass is 10.2. The van der Waals surface area contributed by atoms with Gasteiger partial charge in [-0.2, -0.15) is 0 Å². The Hall–Kier alpha value is -1.52. The van der Waals surface area contributed by atoms with Crippen molar-refractivity contribution in [1.82, 2.24) is 5.16 Å². The molecule has 3 rings (SSSR count). The number of morpholine rings is 1. The highest BCUT2D eigenvalue weighted by Crippen LogP contribution is 2.25. The van der Waals surface area contributed by atoms with Crippen LogP contribution in [0.1, 0.15) is 0 Å². The highest BCUT2D eigenvalue weighted by Gasteiger charge is 2.16. The second-order valence-electron chi connectivity index (χ2n) is 4.16. The van der Waals surface area contributed by atoms with Gasteiger partial charge in [-0.05, 0) is 24.3 Å². The largest absolute Gasteiger partial charge is 0.378 e. The third-order valence-corrected chi connectivity index (χ3v) is 3.21. The highest BCUT2D eigenvalue weighted by atomic mass is 35.5. The molecule has 5 heteroatoms. The fourth-order valence-corrected chi connectivity index (χ4v) is 2.08. The van der Waals surface area contributed by atoms with E-state index in [9.17, 15) is 0 Å². The molecule has 1 fully saturated rings. The number of aromatic nitrogens is 1. The predicted molar refractivity (Wildman–Crippen MR) is 70.0 cm³/mol. The minimum absolute atomic E-state index is 0.715. The maximum atomic E-state index is 5.86. The molecule has 1 aliphatic heterocycles. The first-order chi connectivity index (χ1) is 8.83. The van der Waals surface area contributed by atoms with Gasteiger partial charge in [-0.25, -0.2) is 0 Å². The first-order valence-corrected chi connectivity index (χ1v) is 6.26. The van der Waals surface area contributed by atoms with Gasteiger partial charge in [-0.15, -0.1) is 0 Å². The molecule has 0 amide bonds. The van der Waals surface area contributed by atoms with Crippen LogP contribution < -0.4 is 4.90 Å². The van der Waals surface area contributed by atoms with E-state index in [0.29, 0.717) is 5.02 Å². The topological polar surface area (TPSA) is 38.5 Å². The fourth-order valence-electron chi connectivity index (χ4n) is 1.96. The molecule has 94 valence electrons. The third kappa shape index (κ3) is 2.35. The summed E-state index contributed by atoms with van der Waals surface area (Å²) in [6, 6.07) is 9.48. The predicted octanol–water partition coefficient (Wildman–Crippen LogP) is 2.83. The van der Waals surface area contributed by atoms with E-state index < -0.39 is 0 Å².